The molecule has 0 atom stereocenters. The first-order valence-electron chi connectivity index (χ1n) is 8.78. The zero-order valence-electron chi connectivity index (χ0n) is 16.1. The number of ether oxygens (including phenoxy) is 1. The van der Waals surface area contributed by atoms with Crippen molar-refractivity contribution in [1.29, 1.82) is 0 Å². The van der Waals surface area contributed by atoms with Crippen molar-refractivity contribution in [2.75, 3.05) is 19.0 Å². The van der Waals surface area contributed by atoms with Crippen LogP contribution in [0.4, 0.5) is 5.69 Å². The van der Waals surface area contributed by atoms with Gasteiger partial charge in [-0.05, 0) is 54.3 Å². The van der Waals surface area contributed by atoms with Gasteiger partial charge in [0.25, 0.3) is 5.91 Å². The molecule has 0 bridgehead atoms. The van der Waals surface area contributed by atoms with E-state index in [0.717, 1.165) is 6.42 Å². The number of hydrogen-bond acceptors (Lipinski definition) is 5. The van der Waals surface area contributed by atoms with Crippen LogP contribution < -0.4 is 10.0 Å². The van der Waals surface area contributed by atoms with E-state index in [9.17, 15) is 18.0 Å². The van der Waals surface area contributed by atoms with E-state index in [-0.39, 0.29) is 10.8 Å². The van der Waals surface area contributed by atoms with E-state index in [2.05, 4.69) is 28.6 Å². The third kappa shape index (κ3) is 6.17. The van der Waals surface area contributed by atoms with Crippen molar-refractivity contribution >= 4 is 27.6 Å². The number of hydrogen-bond donors (Lipinski definition) is 2. The van der Waals surface area contributed by atoms with Crippen molar-refractivity contribution in [3.05, 3.63) is 59.7 Å². The Morgan fingerprint density at radius 2 is 1.61 bits per heavy atom. The third-order valence-electron chi connectivity index (χ3n) is 3.92. The van der Waals surface area contributed by atoms with Gasteiger partial charge in [-0.2, -0.15) is 4.72 Å². The van der Waals surface area contributed by atoms with Gasteiger partial charge in [-0.3, -0.25) is 9.59 Å². The molecule has 0 aromatic heterocycles. The third-order valence-corrected chi connectivity index (χ3v) is 5.33. The fourth-order valence-corrected chi connectivity index (χ4v) is 3.46. The predicted molar refractivity (Wildman–Crippen MR) is 107 cm³/mol. The number of sulfonamides is 1. The molecule has 150 valence electrons. The average molecular weight is 404 g/mol. The molecule has 2 aromatic carbocycles. The van der Waals surface area contributed by atoms with Gasteiger partial charge in [-0.1, -0.05) is 26.0 Å². The molecular weight excluding hydrogens is 380 g/mol. The summed E-state index contributed by atoms with van der Waals surface area (Å²) in [4.78, 5) is 23.4. The van der Waals surface area contributed by atoms with Crippen LogP contribution in [0.2, 0.25) is 0 Å². The summed E-state index contributed by atoms with van der Waals surface area (Å²) < 4.78 is 30.8. The molecule has 0 fully saturated rings. The van der Waals surface area contributed by atoms with Gasteiger partial charge in [-0.15, -0.1) is 0 Å². The summed E-state index contributed by atoms with van der Waals surface area (Å²) in [6.45, 7) is 3.81. The molecule has 2 rings (SSSR count). The molecule has 0 aliphatic carbocycles. The molecule has 0 radical (unpaired) electrons. The van der Waals surface area contributed by atoms with Crippen LogP contribution in [0.15, 0.2) is 53.4 Å². The number of carbonyl (C=O) groups excluding carboxylic acids is 2. The maximum atomic E-state index is 12.3. The molecule has 8 heteroatoms. The summed E-state index contributed by atoms with van der Waals surface area (Å²) in [5.74, 6) is -0.432. The highest BCUT2D eigenvalue weighted by Crippen LogP contribution is 2.16. The van der Waals surface area contributed by atoms with Crippen LogP contribution in [0.1, 0.15) is 29.8 Å². The molecule has 0 aliphatic rings. The summed E-state index contributed by atoms with van der Waals surface area (Å²) in [7, 11) is -2.67. The molecule has 7 nitrogen and oxygen atoms in total. The second kappa shape index (κ2) is 9.48. The topological polar surface area (TPSA) is 102 Å². The van der Waals surface area contributed by atoms with Gasteiger partial charge < -0.3 is 10.1 Å². The van der Waals surface area contributed by atoms with E-state index < -0.39 is 22.5 Å². The Bertz CT molecular complexity index is 920. The minimum atomic E-state index is -3.84. The Morgan fingerprint density at radius 1 is 1.00 bits per heavy atom. The Kier molecular flexibility index (Phi) is 7.31. The lowest BCUT2D eigenvalue weighted by molar-refractivity contribution is -0.139. The minimum absolute atomic E-state index is 0.0209. The number of esters is 1. The summed E-state index contributed by atoms with van der Waals surface area (Å²) in [5.41, 5.74) is 2.15. The number of benzene rings is 2. The van der Waals surface area contributed by atoms with E-state index in [1.54, 1.807) is 12.1 Å². The van der Waals surface area contributed by atoms with Gasteiger partial charge in [0.05, 0.1) is 12.0 Å². The lowest BCUT2D eigenvalue weighted by Crippen LogP contribution is -2.30. The van der Waals surface area contributed by atoms with E-state index in [4.69, 9.17) is 0 Å². The molecule has 0 unspecified atom stereocenters. The quantitative estimate of drug-likeness (QED) is 0.659. The van der Waals surface area contributed by atoms with Crippen molar-refractivity contribution in [2.45, 2.75) is 25.2 Å². The Labute approximate surface area is 165 Å². The maximum Gasteiger partial charge on any atom is 0.320 e. The van der Waals surface area contributed by atoms with Crippen molar-refractivity contribution in [1.82, 2.24) is 4.72 Å². The summed E-state index contributed by atoms with van der Waals surface area (Å²) in [6.07, 6.45) is 0.946. The normalized spacial score (nSPS) is 11.3. The highest BCUT2D eigenvalue weighted by molar-refractivity contribution is 7.89. The van der Waals surface area contributed by atoms with Crippen LogP contribution in [0, 0.1) is 5.92 Å². The number of amides is 1. The van der Waals surface area contributed by atoms with Gasteiger partial charge in [0.1, 0.15) is 6.54 Å². The Balaban J connectivity index is 2.01. The highest BCUT2D eigenvalue weighted by Gasteiger charge is 2.16. The summed E-state index contributed by atoms with van der Waals surface area (Å²) >= 11 is 0. The number of nitrogens with one attached hydrogen (secondary N) is 2. The lowest BCUT2D eigenvalue weighted by Gasteiger charge is -2.09. The fourth-order valence-electron chi connectivity index (χ4n) is 2.49. The van der Waals surface area contributed by atoms with Gasteiger partial charge >= 0.3 is 5.97 Å². The van der Waals surface area contributed by atoms with Crippen LogP contribution >= 0.6 is 0 Å². The highest BCUT2D eigenvalue weighted by atomic mass is 32.2. The lowest BCUT2D eigenvalue weighted by atomic mass is 10.0. The van der Waals surface area contributed by atoms with Crippen molar-refractivity contribution in [2.24, 2.45) is 5.92 Å². The first kappa shape index (κ1) is 21.6. The van der Waals surface area contributed by atoms with E-state index in [1.165, 1.54) is 36.9 Å². The van der Waals surface area contributed by atoms with Gasteiger partial charge in [0.15, 0.2) is 0 Å². The molecule has 2 aromatic rings. The second-order valence-corrected chi connectivity index (χ2v) is 8.44. The summed E-state index contributed by atoms with van der Waals surface area (Å²) in [6, 6.07) is 13.1. The van der Waals surface area contributed by atoms with Crippen molar-refractivity contribution in [3.63, 3.8) is 0 Å². The fraction of sp³-hybridized carbons (Fsp3) is 0.300. The smallest absolute Gasteiger partial charge is 0.320 e. The second-order valence-electron chi connectivity index (χ2n) is 6.67. The monoisotopic (exact) mass is 404 g/mol. The zero-order valence-corrected chi connectivity index (χ0v) is 16.9. The van der Waals surface area contributed by atoms with Gasteiger partial charge in [0, 0.05) is 11.3 Å². The number of anilines is 1. The first-order chi connectivity index (χ1) is 13.2. The first-order valence-corrected chi connectivity index (χ1v) is 10.3. The van der Waals surface area contributed by atoms with Gasteiger partial charge in [0.2, 0.25) is 10.0 Å². The molecule has 28 heavy (non-hydrogen) atoms. The van der Waals surface area contributed by atoms with Crippen LogP contribution in [0.3, 0.4) is 0 Å². The van der Waals surface area contributed by atoms with E-state index in [1.807, 2.05) is 12.1 Å². The van der Waals surface area contributed by atoms with Crippen LogP contribution in [0.25, 0.3) is 0 Å². The van der Waals surface area contributed by atoms with Crippen LogP contribution in [-0.4, -0.2) is 33.9 Å². The Morgan fingerprint density at radius 3 is 2.14 bits per heavy atom. The van der Waals surface area contributed by atoms with E-state index in [0.29, 0.717) is 17.2 Å². The average Bonchev–Trinajstić information content (AvgIpc) is 2.66. The van der Waals surface area contributed by atoms with E-state index >= 15 is 0 Å². The number of methoxy groups -OCH3 is 1. The maximum absolute atomic E-state index is 12.3. The van der Waals surface area contributed by atoms with Gasteiger partial charge in [-0.25, -0.2) is 8.42 Å². The zero-order chi connectivity index (χ0) is 20.7. The molecule has 2 N–H and O–H groups in total. The van der Waals surface area contributed by atoms with Crippen LogP contribution in [-0.2, 0) is 26.0 Å². The molecule has 0 saturated carbocycles. The molecular formula is C20H24N2O5S. The minimum Gasteiger partial charge on any atom is -0.468 e. The SMILES string of the molecule is COC(=O)CNS(=O)(=O)c1ccc(NC(=O)c2ccc(CC(C)C)cc2)cc1. The number of carbonyl (C=O) groups is 2. The molecule has 0 saturated heterocycles. The largest absolute Gasteiger partial charge is 0.468 e. The molecule has 0 heterocycles. The predicted octanol–water partition coefficient (Wildman–Crippen LogP) is 2.59. The Hall–Kier alpha value is -2.71. The standard InChI is InChI=1S/C20H24N2O5S/c1-14(2)12-15-4-6-16(7-5-15)20(24)22-17-8-10-18(11-9-17)28(25,26)21-13-19(23)27-3/h4-11,14,21H,12-13H2,1-3H3,(H,22,24). The van der Waals surface area contributed by atoms with Crippen molar-refractivity contribution in [3.8, 4) is 0 Å². The number of rotatable bonds is 8. The molecule has 0 aliphatic heterocycles. The summed E-state index contributed by atoms with van der Waals surface area (Å²) in [5, 5.41) is 2.73. The molecule has 0 spiro atoms. The van der Waals surface area contributed by atoms with Crippen LogP contribution in [0.5, 0.6) is 0 Å². The van der Waals surface area contributed by atoms with Crippen molar-refractivity contribution < 1.29 is 22.7 Å². The molecule has 1 amide bonds.